The second kappa shape index (κ2) is 11.7. The first-order valence-corrected chi connectivity index (χ1v) is 10.6. The lowest BCUT2D eigenvalue weighted by Crippen LogP contribution is -2.49. The molecule has 0 heterocycles. The van der Waals surface area contributed by atoms with Gasteiger partial charge in [0.15, 0.2) is 23.2 Å². The summed E-state index contributed by atoms with van der Waals surface area (Å²) < 4.78 is 22.6. The van der Waals surface area contributed by atoms with Crippen molar-refractivity contribution in [3.05, 3.63) is 44.8 Å². The standard InChI is InChI=1S/C19H19Br2N3O6S/c1-27-14-6-10(7-15(28-2)17(14)29-3)18(26)22-19(31)24-23-16(25)9-30-13-5-4-11(20)8-12(13)21/h4-8H,9H2,1-3H3,(H,23,25)(H2,22,24,26,31). The summed E-state index contributed by atoms with van der Waals surface area (Å²) in [6, 6.07) is 8.23. The van der Waals surface area contributed by atoms with E-state index in [0.717, 1.165) is 4.47 Å². The molecule has 12 heteroatoms. The molecule has 0 aromatic heterocycles. The molecule has 0 aliphatic heterocycles. The van der Waals surface area contributed by atoms with Crippen LogP contribution >= 0.6 is 44.1 Å². The van der Waals surface area contributed by atoms with E-state index in [1.165, 1.54) is 33.5 Å². The molecule has 0 fully saturated rings. The van der Waals surface area contributed by atoms with Crippen LogP contribution in [0.25, 0.3) is 0 Å². The minimum Gasteiger partial charge on any atom is -0.493 e. The Balaban J connectivity index is 1.89. The zero-order chi connectivity index (χ0) is 23.0. The summed E-state index contributed by atoms with van der Waals surface area (Å²) in [5.41, 5.74) is 4.99. The molecule has 3 N–H and O–H groups in total. The van der Waals surface area contributed by atoms with Gasteiger partial charge in [-0.05, 0) is 58.5 Å². The Morgan fingerprint density at radius 1 is 0.935 bits per heavy atom. The maximum Gasteiger partial charge on any atom is 0.276 e. The van der Waals surface area contributed by atoms with Gasteiger partial charge in [0, 0.05) is 10.0 Å². The van der Waals surface area contributed by atoms with E-state index in [-0.39, 0.29) is 17.3 Å². The molecule has 31 heavy (non-hydrogen) atoms. The van der Waals surface area contributed by atoms with Gasteiger partial charge in [-0.25, -0.2) is 0 Å². The van der Waals surface area contributed by atoms with E-state index in [9.17, 15) is 9.59 Å². The predicted octanol–water partition coefficient (Wildman–Crippen LogP) is 2.95. The smallest absolute Gasteiger partial charge is 0.276 e. The fourth-order valence-corrected chi connectivity index (χ4v) is 3.62. The zero-order valence-electron chi connectivity index (χ0n) is 16.7. The number of thiocarbonyl (C=S) groups is 1. The molecular weight excluding hydrogens is 558 g/mol. The van der Waals surface area contributed by atoms with Crippen LogP contribution in [0.1, 0.15) is 10.4 Å². The molecule has 0 radical (unpaired) electrons. The van der Waals surface area contributed by atoms with Gasteiger partial charge < -0.3 is 18.9 Å². The molecule has 0 unspecified atom stereocenters. The molecule has 0 bridgehead atoms. The monoisotopic (exact) mass is 575 g/mol. The Labute approximate surface area is 201 Å². The maximum atomic E-state index is 12.5. The van der Waals surface area contributed by atoms with Crippen molar-refractivity contribution in [2.24, 2.45) is 0 Å². The van der Waals surface area contributed by atoms with Crippen LogP contribution in [0.4, 0.5) is 0 Å². The molecule has 166 valence electrons. The maximum absolute atomic E-state index is 12.5. The van der Waals surface area contributed by atoms with Crippen molar-refractivity contribution in [3.63, 3.8) is 0 Å². The summed E-state index contributed by atoms with van der Waals surface area (Å²) >= 11 is 11.7. The lowest BCUT2D eigenvalue weighted by molar-refractivity contribution is -0.123. The summed E-state index contributed by atoms with van der Waals surface area (Å²) in [6.07, 6.45) is 0. The largest absolute Gasteiger partial charge is 0.493 e. The second-order valence-electron chi connectivity index (χ2n) is 5.73. The minimum absolute atomic E-state index is 0.114. The van der Waals surface area contributed by atoms with E-state index in [0.29, 0.717) is 27.5 Å². The van der Waals surface area contributed by atoms with Crippen molar-refractivity contribution >= 4 is 61.0 Å². The lowest BCUT2D eigenvalue weighted by Gasteiger charge is -2.15. The molecule has 0 aliphatic rings. The Morgan fingerprint density at radius 3 is 2.13 bits per heavy atom. The van der Waals surface area contributed by atoms with Gasteiger partial charge in [0.05, 0.1) is 25.8 Å². The van der Waals surface area contributed by atoms with Gasteiger partial charge in [-0.2, -0.15) is 0 Å². The van der Waals surface area contributed by atoms with Gasteiger partial charge in [-0.15, -0.1) is 0 Å². The van der Waals surface area contributed by atoms with Crippen LogP contribution in [0.5, 0.6) is 23.0 Å². The number of ether oxygens (including phenoxy) is 4. The summed E-state index contributed by atoms with van der Waals surface area (Å²) in [5.74, 6) is 0.440. The van der Waals surface area contributed by atoms with Crippen molar-refractivity contribution in [3.8, 4) is 23.0 Å². The van der Waals surface area contributed by atoms with Gasteiger partial charge in [-0.1, -0.05) is 15.9 Å². The number of hydrazine groups is 1. The van der Waals surface area contributed by atoms with E-state index >= 15 is 0 Å². The van der Waals surface area contributed by atoms with Crippen molar-refractivity contribution in [2.45, 2.75) is 0 Å². The Kier molecular flexibility index (Phi) is 9.34. The fraction of sp³-hybridized carbons (Fsp3) is 0.211. The normalized spacial score (nSPS) is 9.97. The van der Waals surface area contributed by atoms with Gasteiger partial charge in [0.2, 0.25) is 5.75 Å². The Morgan fingerprint density at radius 2 is 1.58 bits per heavy atom. The van der Waals surface area contributed by atoms with Crippen molar-refractivity contribution in [1.29, 1.82) is 0 Å². The first-order valence-electron chi connectivity index (χ1n) is 8.57. The van der Waals surface area contributed by atoms with Crippen molar-refractivity contribution in [2.75, 3.05) is 27.9 Å². The van der Waals surface area contributed by atoms with Crippen LogP contribution in [0.2, 0.25) is 0 Å². The van der Waals surface area contributed by atoms with Crippen LogP contribution in [0.3, 0.4) is 0 Å². The SMILES string of the molecule is COc1cc(C(=O)NC(=S)NNC(=O)COc2ccc(Br)cc2Br)cc(OC)c1OC. The van der Waals surface area contributed by atoms with E-state index in [4.69, 9.17) is 31.2 Å². The fourth-order valence-electron chi connectivity index (χ4n) is 2.32. The number of amides is 2. The van der Waals surface area contributed by atoms with Crippen LogP contribution in [0.15, 0.2) is 39.3 Å². The number of hydrogen-bond donors (Lipinski definition) is 3. The van der Waals surface area contributed by atoms with Crippen molar-refractivity contribution < 1.29 is 28.5 Å². The number of carbonyl (C=O) groups is 2. The highest BCUT2D eigenvalue weighted by molar-refractivity contribution is 9.11. The summed E-state index contributed by atoms with van der Waals surface area (Å²) in [6.45, 7) is -0.267. The Hall–Kier alpha value is -2.57. The van der Waals surface area contributed by atoms with E-state index < -0.39 is 11.8 Å². The zero-order valence-corrected chi connectivity index (χ0v) is 20.7. The quantitative estimate of drug-likeness (QED) is 0.341. The molecule has 2 aromatic carbocycles. The molecule has 2 amide bonds. The third-order valence-electron chi connectivity index (χ3n) is 3.72. The average molecular weight is 577 g/mol. The number of methoxy groups -OCH3 is 3. The van der Waals surface area contributed by atoms with Crippen LogP contribution in [-0.2, 0) is 4.79 Å². The molecule has 0 aliphatic carbocycles. The molecule has 0 saturated heterocycles. The number of carbonyl (C=O) groups excluding carboxylic acids is 2. The molecule has 0 atom stereocenters. The van der Waals surface area contributed by atoms with Crippen LogP contribution < -0.4 is 35.1 Å². The van der Waals surface area contributed by atoms with Gasteiger partial charge >= 0.3 is 0 Å². The molecular formula is C19H19Br2N3O6S. The number of hydrogen-bond acceptors (Lipinski definition) is 7. The summed E-state index contributed by atoms with van der Waals surface area (Å²) in [7, 11) is 4.34. The third-order valence-corrected chi connectivity index (χ3v) is 5.04. The first kappa shape index (κ1) is 24.7. The lowest BCUT2D eigenvalue weighted by atomic mass is 10.1. The number of rotatable bonds is 7. The van der Waals surface area contributed by atoms with Gasteiger partial charge in [0.25, 0.3) is 11.8 Å². The third kappa shape index (κ3) is 6.97. The first-order chi connectivity index (χ1) is 14.8. The summed E-state index contributed by atoms with van der Waals surface area (Å²) in [5, 5.41) is 2.33. The number of benzene rings is 2. The topological polar surface area (TPSA) is 107 Å². The average Bonchev–Trinajstić information content (AvgIpc) is 2.75. The minimum atomic E-state index is -0.541. The van der Waals surface area contributed by atoms with E-state index in [2.05, 4.69) is 48.0 Å². The van der Waals surface area contributed by atoms with Crippen molar-refractivity contribution in [1.82, 2.24) is 16.2 Å². The summed E-state index contributed by atoms with van der Waals surface area (Å²) in [4.78, 5) is 24.4. The molecule has 2 aromatic rings. The number of halogens is 2. The van der Waals surface area contributed by atoms with E-state index in [1.54, 1.807) is 18.2 Å². The predicted molar refractivity (Wildman–Crippen MR) is 125 cm³/mol. The van der Waals surface area contributed by atoms with Gasteiger partial charge in [0.1, 0.15) is 5.75 Å². The highest BCUT2D eigenvalue weighted by Gasteiger charge is 2.18. The number of nitrogens with one attached hydrogen (secondary N) is 3. The molecule has 9 nitrogen and oxygen atoms in total. The second-order valence-corrected chi connectivity index (χ2v) is 7.91. The van der Waals surface area contributed by atoms with Crippen LogP contribution in [-0.4, -0.2) is 44.9 Å². The van der Waals surface area contributed by atoms with Gasteiger partial charge in [-0.3, -0.25) is 25.8 Å². The Bertz CT molecular complexity index is 964. The highest BCUT2D eigenvalue weighted by Crippen LogP contribution is 2.38. The molecule has 0 spiro atoms. The van der Waals surface area contributed by atoms with Crippen LogP contribution in [0, 0.1) is 0 Å². The van der Waals surface area contributed by atoms with E-state index in [1.807, 2.05) is 0 Å². The molecule has 2 rings (SSSR count). The highest BCUT2D eigenvalue weighted by atomic mass is 79.9. The molecule has 0 saturated carbocycles.